The minimum atomic E-state index is -0.192. The van der Waals surface area contributed by atoms with Crippen molar-refractivity contribution in [3.8, 4) is 6.07 Å². The topological polar surface area (TPSA) is 90.9 Å². The zero-order valence-electron chi connectivity index (χ0n) is 16.7. The lowest BCUT2D eigenvalue weighted by molar-refractivity contribution is -0.143. The number of esters is 1. The molecule has 28 heavy (non-hydrogen) atoms. The maximum Gasteiger partial charge on any atom is 0.307 e. The second-order valence-corrected chi connectivity index (χ2v) is 6.89. The molecule has 1 aromatic carbocycles. The smallest absolute Gasteiger partial charge is 0.307 e. The maximum absolute atomic E-state index is 11.8. The summed E-state index contributed by atoms with van der Waals surface area (Å²) in [7, 11) is 0. The van der Waals surface area contributed by atoms with Gasteiger partial charge in [0, 0.05) is 18.3 Å². The average molecular weight is 400 g/mol. The van der Waals surface area contributed by atoms with Crippen LogP contribution in [0.4, 0.5) is 16.4 Å². The van der Waals surface area contributed by atoms with Crippen molar-refractivity contribution in [3.63, 3.8) is 0 Å². The Morgan fingerprint density at radius 1 is 1.29 bits per heavy atom. The molecule has 0 radical (unpaired) electrons. The standard InChI is InChI=1S/C20H25N5O2S/c1-5-18-17(13-21)20(28-24-18)23-22-15-8-10-16(11-9-15)25(6-2)14(4)12-19(26)27-7-3/h8-11,14H,5-7,12H2,1-4H3. The Morgan fingerprint density at radius 2 is 2.00 bits per heavy atom. The first-order chi connectivity index (χ1) is 13.5. The van der Waals surface area contributed by atoms with Crippen LogP contribution >= 0.6 is 11.5 Å². The monoisotopic (exact) mass is 399 g/mol. The van der Waals surface area contributed by atoms with E-state index in [9.17, 15) is 10.1 Å². The van der Waals surface area contributed by atoms with E-state index in [2.05, 4.69) is 25.6 Å². The zero-order valence-corrected chi connectivity index (χ0v) is 17.5. The summed E-state index contributed by atoms with van der Waals surface area (Å²) < 4.78 is 9.29. The summed E-state index contributed by atoms with van der Waals surface area (Å²) in [6, 6.07) is 9.82. The minimum absolute atomic E-state index is 0.0272. The molecule has 0 aliphatic carbocycles. The number of nitrogens with zero attached hydrogens (tertiary/aromatic N) is 5. The summed E-state index contributed by atoms with van der Waals surface area (Å²) in [4.78, 5) is 13.9. The van der Waals surface area contributed by atoms with Gasteiger partial charge in [-0.2, -0.15) is 9.64 Å². The number of carbonyl (C=O) groups excluding carboxylic acids is 1. The molecule has 0 aliphatic rings. The molecular formula is C20H25N5O2S. The van der Waals surface area contributed by atoms with Crippen LogP contribution in [-0.4, -0.2) is 29.5 Å². The Labute approximate surface area is 169 Å². The molecule has 1 atom stereocenters. The highest BCUT2D eigenvalue weighted by atomic mass is 32.1. The van der Waals surface area contributed by atoms with Crippen LogP contribution in [0.1, 0.15) is 45.4 Å². The normalized spacial score (nSPS) is 12.0. The van der Waals surface area contributed by atoms with Gasteiger partial charge in [0.05, 0.1) is 24.4 Å². The van der Waals surface area contributed by atoms with Crippen molar-refractivity contribution in [3.05, 3.63) is 35.5 Å². The molecule has 148 valence electrons. The number of benzene rings is 1. The fraction of sp³-hybridized carbons (Fsp3) is 0.450. The van der Waals surface area contributed by atoms with E-state index in [0.29, 0.717) is 35.7 Å². The third kappa shape index (κ3) is 5.36. The van der Waals surface area contributed by atoms with Crippen LogP contribution in [0.5, 0.6) is 0 Å². The highest BCUT2D eigenvalue weighted by Gasteiger charge is 2.17. The predicted molar refractivity (Wildman–Crippen MR) is 111 cm³/mol. The molecule has 1 unspecified atom stereocenters. The third-order valence-electron chi connectivity index (χ3n) is 4.27. The molecule has 0 N–H and O–H groups in total. The molecule has 0 amide bonds. The van der Waals surface area contributed by atoms with E-state index in [1.54, 1.807) is 0 Å². The molecule has 0 bridgehead atoms. The summed E-state index contributed by atoms with van der Waals surface area (Å²) in [5, 5.41) is 18.2. The number of rotatable bonds is 9. The Hall–Kier alpha value is -2.79. The lowest BCUT2D eigenvalue weighted by Crippen LogP contribution is -2.35. The van der Waals surface area contributed by atoms with Crippen LogP contribution in [0.2, 0.25) is 0 Å². The van der Waals surface area contributed by atoms with Crippen molar-refractivity contribution in [2.45, 2.75) is 46.6 Å². The summed E-state index contributed by atoms with van der Waals surface area (Å²) in [5.74, 6) is -0.192. The summed E-state index contributed by atoms with van der Waals surface area (Å²) in [5.41, 5.74) is 2.94. The van der Waals surface area contributed by atoms with Gasteiger partial charge in [0.1, 0.15) is 11.6 Å². The first-order valence-corrected chi connectivity index (χ1v) is 10.1. The number of ether oxygens (including phenoxy) is 1. The summed E-state index contributed by atoms with van der Waals surface area (Å²) in [6.45, 7) is 8.98. The van der Waals surface area contributed by atoms with Crippen molar-refractivity contribution >= 4 is 33.9 Å². The van der Waals surface area contributed by atoms with Gasteiger partial charge in [0.15, 0.2) is 5.00 Å². The van der Waals surface area contributed by atoms with E-state index in [-0.39, 0.29) is 12.0 Å². The predicted octanol–water partition coefficient (Wildman–Crippen LogP) is 5.16. The Balaban J connectivity index is 2.10. The van der Waals surface area contributed by atoms with E-state index in [0.717, 1.165) is 17.9 Å². The highest BCUT2D eigenvalue weighted by Crippen LogP contribution is 2.30. The molecule has 0 spiro atoms. The summed E-state index contributed by atoms with van der Waals surface area (Å²) in [6.07, 6.45) is 1.03. The first kappa shape index (κ1) is 21.5. The van der Waals surface area contributed by atoms with Gasteiger partial charge in [-0.3, -0.25) is 4.79 Å². The van der Waals surface area contributed by atoms with E-state index >= 15 is 0 Å². The van der Waals surface area contributed by atoms with Crippen molar-refractivity contribution in [2.75, 3.05) is 18.1 Å². The molecule has 0 saturated heterocycles. The van der Waals surface area contributed by atoms with Gasteiger partial charge in [-0.15, -0.1) is 10.2 Å². The largest absolute Gasteiger partial charge is 0.466 e. The van der Waals surface area contributed by atoms with Crippen LogP contribution in [0.3, 0.4) is 0 Å². The molecule has 8 heteroatoms. The van der Waals surface area contributed by atoms with Gasteiger partial charge in [0.2, 0.25) is 0 Å². The number of hydrogen-bond acceptors (Lipinski definition) is 8. The Kier molecular flexibility index (Phi) is 8.08. The van der Waals surface area contributed by atoms with E-state index < -0.39 is 0 Å². The van der Waals surface area contributed by atoms with Crippen LogP contribution in [0, 0.1) is 11.3 Å². The van der Waals surface area contributed by atoms with Gasteiger partial charge in [-0.1, -0.05) is 6.92 Å². The highest BCUT2D eigenvalue weighted by molar-refractivity contribution is 7.10. The number of anilines is 1. The van der Waals surface area contributed by atoms with E-state index in [1.807, 2.05) is 52.0 Å². The van der Waals surface area contributed by atoms with Crippen molar-refractivity contribution in [2.24, 2.45) is 10.2 Å². The molecule has 1 aromatic heterocycles. The van der Waals surface area contributed by atoms with Crippen molar-refractivity contribution in [1.29, 1.82) is 5.26 Å². The molecule has 1 heterocycles. The molecule has 7 nitrogen and oxygen atoms in total. The van der Waals surface area contributed by atoms with E-state index in [1.165, 1.54) is 11.5 Å². The Morgan fingerprint density at radius 3 is 2.57 bits per heavy atom. The Bertz CT molecular complexity index is 854. The van der Waals surface area contributed by atoms with Crippen molar-refractivity contribution < 1.29 is 9.53 Å². The second-order valence-electron chi connectivity index (χ2n) is 6.14. The quantitative estimate of drug-likeness (QED) is 0.429. The summed E-state index contributed by atoms with van der Waals surface area (Å²) >= 11 is 1.18. The fourth-order valence-corrected chi connectivity index (χ4v) is 3.62. The number of nitriles is 1. The SMILES string of the molecule is CCOC(=O)CC(C)N(CC)c1ccc(N=Nc2snc(CC)c2C#N)cc1. The number of azo groups is 1. The number of aromatic nitrogens is 1. The van der Waals surface area contributed by atoms with Crippen LogP contribution in [0.25, 0.3) is 0 Å². The first-order valence-electron chi connectivity index (χ1n) is 9.36. The molecule has 2 aromatic rings. The minimum Gasteiger partial charge on any atom is -0.466 e. The molecule has 0 aliphatic heterocycles. The number of aryl methyl sites for hydroxylation is 1. The number of carbonyl (C=O) groups is 1. The van der Waals surface area contributed by atoms with Gasteiger partial charge in [-0.05, 0) is 63.0 Å². The lowest BCUT2D eigenvalue weighted by atomic mass is 10.1. The van der Waals surface area contributed by atoms with Gasteiger partial charge in [0.25, 0.3) is 0 Å². The van der Waals surface area contributed by atoms with Crippen LogP contribution in [0.15, 0.2) is 34.5 Å². The van der Waals surface area contributed by atoms with Gasteiger partial charge >= 0.3 is 5.97 Å². The van der Waals surface area contributed by atoms with Crippen molar-refractivity contribution in [1.82, 2.24) is 4.37 Å². The van der Waals surface area contributed by atoms with Crippen LogP contribution in [-0.2, 0) is 16.0 Å². The maximum atomic E-state index is 11.8. The molecule has 0 fully saturated rings. The second kappa shape index (κ2) is 10.5. The van der Waals surface area contributed by atoms with E-state index in [4.69, 9.17) is 4.74 Å². The third-order valence-corrected chi connectivity index (χ3v) is 5.04. The lowest BCUT2D eigenvalue weighted by Gasteiger charge is -2.29. The van der Waals surface area contributed by atoms with Crippen LogP contribution < -0.4 is 4.90 Å². The number of hydrogen-bond donors (Lipinski definition) is 0. The average Bonchev–Trinajstić information content (AvgIpc) is 3.10. The van der Waals surface area contributed by atoms with Gasteiger partial charge < -0.3 is 9.64 Å². The molecular weight excluding hydrogens is 374 g/mol. The molecule has 0 saturated carbocycles. The van der Waals surface area contributed by atoms with Gasteiger partial charge in [-0.25, -0.2) is 0 Å². The fourth-order valence-electron chi connectivity index (χ4n) is 2.87. The molecule has 2 rings (SSSR count). The zero-order chi connectivity index (χ0) is 20.5.